The molecule has 0 amide bonds. The van der Waals surface area contributed by atoms with Gasteiger partial charge in [0.25, 0.3) is 0 Å². The van der Waals surface area contributed by atoms with E-state index in [0.29, 0.717) is 16.1 Å². The maximum absolute atomic E-state index is 11.5. The molecule has 1 heterocycles. The Labute approximate surface area is 173 Å². The largest absolute Gasteiger partial charge is 0.390 e. The highest BCUT2D eigenvalue weighted by Gasteiger charge is 2.58. The minimum Gasteiger partial charge on any atom is -0.390 e. The molecule has 2 N–H and O–H groups in total. The number of benzene rings is 1. The van der Waals surface area contributed by atoms with Gasteiger partial charge in [0.15, 0.2) is 4.77 Å². The Kier molecular flexibility index (Phi) is 4.82. The molecule has 0 radical (unpaired) electrons. The number of aliphatic hydroxyl groups is 1. The number of nitrogens with one attached hydrogen (secondary N) is 1. The molecule has 2 aliphatic rings. The van der Waals surface area contributed by atoms with Crippen molar-refractivity contribution in [3.8, 4) is 5.69 Å². The summed E-state index contributed by atoms with van der Waals surface area (Å²) in [5.74, 6) is 1.71. The number of H-pyrrole nitrogens is 1. The fraction of sp³-hybridized carbons (Fsp3) is 0.652. The van der Waals surface area contributed by atoms with Crippen LogP contribution >= 0.6 is 12.2 Å². The van der Waals surface area contributed by atoms with Crippen molar-refractivity contribution < 1.29 is 5.11 Å². The number of hydrogen-bond donors (Lipinski definition) is 2. The Morgan fingerprint density at radius 1 is 1.14 bits per heavy atom. The van der Waals surface area contributed by atoms with Crippen molar-refractivity contribution in [1.29, 1.82) is 0 Å². The molecule has 0 bridgehead atoms. The van der Waals surface area contributed by atoms with Crippen LogP contribution in [0.5, 0.6) is 0 Å². The zero-order chi connectivity index (χ0) is 20.2. The Morgan fingerprint density at radius 3 is 2.57 bits per heavy atom. The minimum absolute atomic E-state index is 0.110. The molecule has 0 saturated heterocycles. The van der Waals surface area contributed by atoms with Gasteiger partial charge in [-0.15, -0.1) is 0 Å². The van der Waals surface area contributed by atoms with Crippen LogP contribution in [0.15, 0.2) is 30.3 Å². The predicted octanol–water partition coefficient (Wildman–Crippen LogP) is 5.47. The van der Waals surface area contributed by atoms with E-state index in [2.05, 4.69) is 43.1 Å². The third-order valence-corrected chi connectivity index (χ3v) is 8.18. The summed E-state index contributed by atoms with van der Waals surface area (Å²) in [6.45, 7) is 9.30. The molecule has 2 aliphatic carbocycles. The topological polar surface area (TPSA) is 53.8 Å². The third-order valence-electron chi connectivity index (χ3n) is 7.90. The lowest BCUT2D eigenvalue weighted by atomic mass is 9.45. The molecule has 4 nitrogen and oxygen atoms in total. The molecule has 2 fully saturated rings. The maximum atomic E-state index is 11.5. The molecule has 4 atom stereocenters. The first-order valence-electron chi connectivity index (χ1n) is 10.6. The zero-order valence-corrected chi connectivity index (χ0v) is 18.4. The second-order valence-electron chi connectivity index (χ2n) is 10.2. The van der Waals surface area contributed by atoms with E-state index in [4.69, 9.17) is 12.2 Å². The van der Waals surface area contributed by atoms with Gasteiger partial charge < -0.3 is 5.11 Å². The van der Waals surface area contributed by atoms with E-state index in [1.165, 1.54) is 19.3 Å². The van der Waals surface area contributed by atoms with Crippen LogP contribution in [0.2, 0.25) is 0 Å². The molecule has 0 unspecified atom stereocenters. The summed E-state index contributed by atoms with van der Waals surface area (Å²) >= 11 is 5.54. The van der Waals surface area contributed by atoms with Crippen molar-refractivity contribution >= 4 is 12.2 Å². The van der Waals surface area contributed by atoms with Crippen LogP contribution in [0.25, 0.3) is 5.69 Å². The lowest BCUT2D eigenvalue weighted by Gasteiger charge is -2.61. The second-order valence-corrected chi connectivity index (χ2v) is 10.6. The summed E-state index contributed by atoms with van der Waals surface area (Å²) in [7, 11) is 0. The average Bonchev–Trinajstić information content (AvgIpc) is 2.98. The van der Waals surface area contributed by atoms with Crippen LogP contribution in [-0.4, -0.2) is 25.5 Å². The molecule has 1 aromatic carbocycles. The molecule has 2 aromatic rings. The van der Waals surface area contributed by atoms with Crippen LogP contribution in [0.1, 0.15) is 65.6 Å². The van der Waals surface area contributed by atoms with Crippen molar-refractivity contribution in [1.82, 2.24) is 14.8 Å². The number of fused-ring (bicyclic) bond motifs is 1. The lowest BCUT2D eigenvalue weighted by molar-refractivity contribution is -0.167. The first-order chi connectivity index (χ1) is 13.2. The summed E-state index contributed by atoms with van der Waals surface area (Å²) in [5, 5.41) is 19.0. The van der Waals surface area contributed by atoms with Gasteiger partial charge in [0, 0.05) is 18.0 Å². The fourth-order valence-corrected chi connectivity index (χ4v) is 6.83. The van der Waals surface area contributed by atoms with Gasteiger partial charge in [-0.1, -0.05) is 45.4 Å². The standard InChI is InChI=1S/C23H33N3OS/c1-21(2)12-8-13-22(3)17(21)11-14-23(4,27)18(22)15-19-24-25-20(28)26(19)16-9-6-5-7-10-16/h5-7,9-10,17-18,27H,8,11-15H2,1-4H3,(H,25,28)/t17-,18+,22-,23+/m0/s1. The first kappa shape index (κ1) is 19.8. The predicted molar refractivity (Wildman–Crippen MR) is 115 cm³/mol. The van der Waals surface area contributed by atoms with Crippen LogP contribution < -0.4 is 0 Å². The van der Waals surface area contributed by atoms with Crippen LogP contribution in [0.4, 0.5) is 0 Å². The number of rotatable bonds is 3. The third kappa shape index (κ3) is 3.17. The van der Waals surface area contributed by atoms with E-state index < -0.39 is 5.60 Å². The van der Waals surface area contributed by atoms with Crippen LogP contribution in [0, 0.1) is 27.4 Å². The molecular formula is C23H33N3OS. The number of aromatic nitrogens is 3. The molecule has 5 heteroatoms. The summed E-state index contributed by atoms with van der Waals surface area (Å²) < 4.78 is 2.65. The molecule has 1 aromatic heterocycles. The van der Waals surface area contributed by atoms with Gasteiger partial charge in [-0.3, -0.25) is 9.67 Å². The van der Waals surface area contributed by atoms with Crippen molar-refractivity contribution in [2.75, 3.05) is 0 Å². The second kappa shape index (κ2) is 6.81. The fourth-order valence-electron chi connectivity index (χ4n) is 6.57. The minimum atomic E-state index is -0.687. The van der Waals surface area contributed by atoms with Gasteiger partial charge >= 0.3 is 0 Å². The van der Waals surface area contributed by atoms with E-state index in [1.807, 2.05) is 29.7 Å². The monoisotopic (exact) mass is 399 g/mol. The lowest BCUT2D eigenvalue weighted by Crippen LogP contribution is -2.58. The summed E-state index contributed by atoms with van der Waals surface area (Å²) in [5.41, 5.74) is 0.774. The Morgan fingerprint density at radius 2 is 1.86 bits per heavy atom. The molecule has 0 aliphatic heterocycles. The molecule has 4 rings (SSSR count). The summed E-state index contributed by atoms with van der Waals surface area (Å²) in [6, 6.07) is 10.2. The summed E-state index contributed by atoms with van der Waals surface area (Å²) in [6.07, 6.45) is 6.40. The van der Waals surface area contributed by atoms with Gasteiger partial charge in [0.05, 0.1) is 5.60 Å². The Hall–Kier alpha value is -1.46. The molecule has 2 saturated carbocycles. The molecule has 152 valence electrons. The maximum Gasteiger partial charge on any atom is 0.199 e. The van der Waals surface area contributed by atoms with Crippen molar-refractivity contribution in [3.05, 3.63) is 40.9 Å². The van der Waals surface area contributed by atoms with Crippen molar-refractivity contribution in [2.24, 2.45) is 22.7 Å². The van der Waals surface area contributed by atoms with Crippen LogP contribution in [-0.2, 0) is 6.42 Å². The highest BCUT2D eigenvalue weighted by atomic mass is 32.1. The number of aromatic amines is 1. The normalized spacial score (nSPS) is 34.8. The van der Waals surface area contributed by atoms with Gasteiger partial charge in [-0.05, 0) is 73.7 Å². The molecular weight excluding hydrogens is 366 g/mol. The molecule has 0 spiro atoms. The SMILES string of the molecule is CC1(C)CCC[C@]2(C)[C@@H](Cc3n[nH]c(=S)n3-c3ccccc3)[C@](C)(O)CC[C@@H]12. The van der Waals surface area contributed by atoms with E-state index in [1.54, 1.807) is 0 Å². The number of nitrogens with zero attached hydrogens (tertiary/aromatic N) is 2. The quantitative estimate of drug-likeness (QED) is 0.673. The van der Waals surface area contributed by atoms with E-state index in [0.717, 1.165) is 30.8 Å². The van der Waals surface area contributed by atoms with Gasteiger partial charge in [0.1, 0.15) is 5.82 Å². The van der Waals surface area contributed by atoms with Gasteiger partial charge in [-0.25, -0.2) is 0 Å². The number of para-hydroxylation sites is 1. The van der Waals surface area contributed by atoms with E-state index >= 15 is 0 Å². The van der Waals surface area contributed by atoms with Crippen molar-refractivity contribution in [2.45, 2.75) is 71.8 Å². The summed E-state index contributed by atoms with van der Waals surface area (Å²) in [4.78, 5) is 0. The Balaban J connectivity index is 1.75. The van der Waals surface area contributed by atoms with E-state index in [-0.39, 0.29) is 11.3 Å². The smallest absolute Gasteiger partial charge is 0.199 e. The van der Waals surface area contributed by atoms with Gasteiger partial charge in [-0.2, -0.15) is 5.10 Å². The first-order valence-corrected chi connectivity index (χ1v) is 11.0. The average molecular weight is 400 g/mol. The van der Waals surface area contributed by atoms with Crippen molar-refractivity contribution in [3.63, 3.8) is 0 Å². The Bertz CT molecular complexity index is 898. The van der Waals surface area contributed by atoms with Crippen LogP contribution in [0.3, 0.4) is 0 Å². The highest BCUT2D eigenvalue weighted by Crippen LogP contribution is 2.62. The van der Waals surface area contributed by atoms with E-state index in [9.17, 15) is 5.11 Å². The highest BCUT2D eigenvalue weighted by molar-refractivity contribution is 7.71. The zero-order valence-electron chi connectivity index (χ0n) is 17.5. The number of hydrogen-bond acceptors (Lipinski definition) is 3. The molecule has 28 heavy (non-hydrogen) atoms. The van der Waals surface area contributed by atoms with Gasteiger partial charge in [0.2, 0.25) is 0 Å².